The Morgan fingerprint density at radius 2 is 2.23 bits per heavy atom. The quantitative estimate of drug-likeness (QED) is 0.879. The average molecular weight is 326 g/mol. The van der Waals surface area contributed by atoms with Crippen molar-refractivity contribution in [1.29, 1.82) is 0 Å². The molecule has 0 bridgehead atoms. The molecule has 0 spiro atoms. The SMILES string of the molecule is COc1cccc(N2CCCC(NC(=O)C3CNC3)C2)c1.Cl. The van der Waals surface area contributed by atoms with Crippen LogP contribution in [0, 0.1) is 5.92 Å². The number of carbonyl (C=O) groups is 1. The number of anilines is 1. The van der Waals surface area contributed by atoms with Gasteiger partial charge in [-0.1, -0.05) is 6.07 Å². The van der Waals surface area contributed by atoms with Crippen molar-refractivity contribution >= 4 is 24.0 Å². The summed E-state index contributed by atoms with van der Waals surface area (Å²) in [6, 6.07) is 8.37. The lowest BCUT2D eigenvalue weighted by Crippen LogP contribution is -2.55. The molecule has 0 aliphatic carbocycles. The van der Waals surface area contributed by atoms with Crippen molar-refractivity contribution in [3.05, 3.63) is 24.3 Å². The Kier molecular flexibility index (Phi) is 5.91. The van der Waals surface area contributed by atoms with E-state index >= 15 is 0 Å². The van der Waals surface area contributed by atoms with Gasteiger partial charge in [0.1, 0.15) is 5.75 Å². The van der Waals surface area contributed by atoms with Crippen LogP contribution >= 0.6 is 12.4 Å². The fourth-order valence-corrected chi connectivity index (χ4v) is 2.93. The third-order valence-electron chi connectivity index (χ3n) is 4.34. The largest absolute Gasteiger partial charge is 0.497 e. The van der Waals surface area contributed by atoms with Crippen LogP contribution in [0.2, 0.25) is 0 Å². The van der Waals surface area contributed by atoms with Gasteiger partial charge in [-0.2, -0.15) is 0 Å². The molecule has 2 N–H and O–H groups in total. The van der Waals surface area contributed by atoms with E-state index in [1.807, 2.05) is 12.1 Å². The van der Waals surface area contributed by atoms with Gasteiger partial charge in [0.05, 0.1) is 13.0 Å². The standard InChI is InChI=1S/C16H23N3O2.ClH/c1-21-15-6-2-5-14(8-15)19-7-3-4-13(11-19)18-16(20)12-9-17-10-12;/h2,5-6,8,12-13,17H,3-4,7,9-11H2,1H3,(H,18,20);1H. The number of amides is 1. The second kappa shape index (κ2) is 7.70. The Hall–Kier alpha value is -1.46. The van der Waals surface area contributed by atoms with Crippen LogP contribution in [0.3, 0.4) is 0 Å². The molecule has 2 fully saturated rings. The molecule has 2 aliphatic rings. The summed E-state index contributed by atoms with van der Waals surface area (Å²) in [5.41, 5.74) is 1.17. The molecule has 1 amide bonds. The van der Waals surface area contributed by atoms with Crippen LogP contribution in [0.1, 0.15) is 12.8 Å². The molecule has 3 rings (SSSR count). The molecule has 1 unspecified atom stereocenters. The number of piperidine rings is 1. The Balaban J connectivity index is 0.00000176. The van der Waals surface area contributed by atoms with E-state index in [0.717, 1.165) is 44.8 Å². The summed E-state index contributed by atoms with van der Waals surface area (Å²) in [6.07, 6.45) is 2.16. The van der Waals surface area contributed by atoms with Crippen LogP contribution in [-0.4, -0.2) is 45.2 Å². The molecule has 1 aromatic rings. The lowest BCUT2D eigenvalue weighted by molar-refractivity contribution is -0.127. The zero-order valence-corrected chi connectivity index (χ0v) is 13.7. The Morgan fingerprint density at radius 1 is 1.41 bits per heavy atom. The van der Waals surface area contributed by atoms with Crippen molar-refractivity contribution < 1.29 is 9.53 Å². The first kappa shape index (κ1) is 16.9. The number of hydrogen-bond acceptors (Lipinski definition) is 4. The Morgan fingerprint density at radius 3 is 2.91 bits per heavy atom. The first-order valence-electron chi connectivity index (χ1n) is 7.66. The van der Waals surface area contributed by atoms with Crippen molar-refractivity contribution in [2.24, 2.45) is 5.92 Å². The topological polar surface area (TPSA) is 53.6 Å². The molecule has 1 aromatic carbocycles. The van der Waals surface area contributed by atoms with E-state index < -0.39 is 0 Å². The molecule has 2 saturated heterocycles. The molecule has 0 aromatic heterocycles. The summed E-state index contributed by atoms with van der Waals surface area (Å²) in [5.74, 6) is 1.24. The predicted molar refractivity (Wildman–Crippen MR) is 90.0 cm³/mol. The molecule has 5 nitrogen and oxygen atoms in total. The highest BCUT2D eigenvalue weighted by atomic mass is 35.5. The number of nitrogens with one attached hydrogen (secondary N) is 2. The maximum atomic E-state index is 12.0. The van der Waals surface area contributed by atoms with E-state index in [2.05, 4.69) is 27.7 Å². The van der Waals surface area contributed by atoms with Gasteiger partial charge in [-0.3, -0.25) is 4.79 Å². The molecule has 0 radical (unpaired) electrons. The third-order valence-corrected chi connectivity index (χ3v) is 4.34. The van der Waals surface area contributed by atoms with E-state index in [1.54, 1.807) is 7.11 Å². The smallest absolute Gasteiger partial charge is 0.225 e. The molecule has 2 aliphatic heterocycles. The minimum Gasteiger partial charge on any atom is -0.497 e. The van der Waals surface area contributed by atoms with Crippen molar-refractivity contribution in [1.82, 2.24) is 10.6 Å². The van der Waals surface area contributed by atoms with Crippen LogP contribution in [-0.2, 0) is 4.79 Å². The first-order valence-corrected chi connectivity index (χ1v) is 7.66. The van der Waals surface area contributed by atoms with Gasteiger partial charge in [0, 0.05) is 44.0 Å². The van der Waals surface area contributed by atoms with Gasteiger partial charge in [-0.05, 0) is 25.0 Å². The van der Waals surface area contributed by atoms with Gasteiger partial charge in [0.2, 0.25) is 5.91 Å². The van der Waals surface area contributed by atoms with Gasteiger partial charge in [-0.25, -0.2) is 0 Å². The van der Waals surface area contributed by atoms with Crippen LogP contribution in [0.25, 0.3) is 0 Å². The van der Waals surface area contributed by atoms with Crippen LogP contribution < -0.4 is 20.3 Å². The zero-order chi connectivity index (χ0) is 14.7. The number of nitrogens with zero attached hydrogens (tertiary/aromatic N) is 1. The summed E-state index contributed by atoms with van der Waals surface area (Å²) >= 11 is 0. The number of carbonyl (C=O) groups excluding carboxylic acids is 1. The number of methoxy groups -OCH3 is 1. The van der Waals surface area contributed by atoms with Crippen LogP contribution in [0.15, 0.2) is 24.3 Å². The lowest BCUT2D eigenvalue weighted by Gasteiger charge is -2.36. The number of ether oxygens (including phenoxy) is 1. The van der Waals surface area contributed by atoms with Crippen molar-refractivity contribution in [3.8, 4) is 5.75 Å². The van der Waals surface area contributed by atoms with E-state index in [-0.39, 0.29) is 30.3 Å². The summed E-state index contributed by atoms with van der Waals surface area (Å²) < 4.78 is 5.29. The van der Waals surface area contributed by atoms with Crippen molar-refractivity contribution in [3.63, 3.8) is 0 Å². The van der Waals surface area contributed by atoms with E-state index in [1.165, 1.54) is 5.69 Å². The third kappa shape index (κ3) is 3.84. The van der Waals surface area contributed by atoms with Gasteiger partial charge in [-0.15, -0.1) is 12.4 Å². The summed E-state index contributed by atoms with van der Waals surface area (Å²) in [7, 11) is 1.69. The van der Waals surface area contributed by atoms with Crippen molar-refractivity contribution in [2.45, 2.75) is 18.9 Å². The number of hydrogen-bond donors (Lipinski definition) is 2. The predicted octanol–water partition coefficient (Wildman–Crippen LogP) is 1.42. The highest BCUT2D eigenvalue weighted by Crippen LogP contribution is 2.24. The molecule has 22 heavy (non-hydrogen) atoms. The summed E-state index contributed by atoms with van der Waals surface area (Å²) in [5, 5.41) is 6.34. The van der Waals surface area contributed by atoms with Crippen LogP contribution in [0.4, 0.5) is 5.69 Å². The number of halogens is 1. The van der Waals surface area contributed by atoms with E-state index in [9.17, 15) is 4.79 Å². The average Bonchev–Trinajstić information content (AvgIpc) is 2.45. The maximum absolute atomic E-state index is 12.0. The minimum atomic E-state index is 0. The maximum Gasteiger partial charge on any atom is 0.225 e. The highest BCUT2D eigenvalue weighted by Gasteiger charge is 2.28. The zero-order valence-electron chi connectivity index (χ0n) is 12.9. The lowest BCUT2D eigenvalue weighted by atomic mass is 10.00. The number of rotatable bonds is 4. The highest BCUT2D eigenvalue weighted by molar-refractivity contribution is 5.85. The molecule has 6 heteroatoms. The monoisotopic (exact) mass is 325 g/mol. The molecule has 2 heterocycles. The molecule has 0 saturated carbocycles. The van der Waals surface area contributed by atoms with Crippen LogP contribution in [0.5, 0.6) is 5.75 Å². The first-order chi connectivity index (χ1) is 10.3. The van der Waals surface area contributed by atoms with E-state index in [0.29, 0.717) is 0 Å². The van der Waals surface area contributed by atoms with Gasteiger partial charge in [0.15, 0.2) is 0 Å². The van der Waals surface area contributed by atoms with Gasteiger partial charge >= 0.3 is 0 Å². The second-order valence-corrected chi connectivity index (χ2v) is 5.85. The number of benzene rings is 1. The molecule has 1 atom stereocenters. The van der Waals surface area contributed by atoms with Crippen molar-refractivity contribution in [2.75, 3.05) is 38.2 Å². The van der Waals surface area contributed by atoms with E-state index in [4.69, 9.17) is 4.74 Å². The molecule has 122 valence electrons. The Labute approximate surface area is 137 Å². The fraction of sp³-hybridized carbons (Fsp3) is 0.562. The molecular weight excluding hydrogens is 302 g/mol. The molecular formula is C16H24ClN3O2. The summed E-state index contributed by atoms with van der Waals surface area (Å²) in [6.45, 7) is 3.54. The fourth-order valence-electron chi connectivity index (χ4n) is 2.93. The normalized spacial score (nSPS) is 21.5. The van der Waals surface area contributed by atoms with Gasteiger partial charge in [0.25, 0.3) is 0 Å². The van der Waals surface area contributed by atoms with Gasteiger partial charge < -0.3 is 20.3 Å². The Bertz CT molecular complexity index is 508. The second-order valence-electron chi connectivity index (χ2n) is 5.85. The minimum absolute atomic E-state index is 0. The summed E-state index contributed by atoms with van der Waals surface area (Å²) in [4.78, 5) is 14.4.